The van der Waals surface area contributed by atoms with Crippen LogP contribution in [0.2, 0.25) is 0 Å². The third kappa shape index (κ3) is 4.56. The Bertz CT molecular complexity index is 914. The average Bonchev–Trinajstić information content (AvgIpc) is 3.04. The van der Waals surface area contributed by atoms with Gasteiger partial charge in [0.1, 0.15) is 0 Å². The van der Waals surface area contributed by atoms with Gasteiger partial charge in [-0.3, -0.25) is 19.7 Å². The molecule has 2 amide bonds. The molecular weight excluding hydrogens is 416 g/mol. The number of hydrazone groups is 1. The number of rotatable bonds is 5. The molecule has 1 atom stereocenters. The Morgan fingerprint density at radius 2 is 2.04 bits per heavy atom. The molecule has 1 heterocycles. The molecule has 0 bridgehead atoms. The van der Waals surface area contributed by atoms with Crippen molar-refractivity contribution < 1.29 is 14.5 Å². The van der Waals surface area contributed by atoms with Crippen molar-refractivity contribution in [2.45, 2.75) is 6.42 Å². The molecule has 2 aromatic rings. The second kappa shape index (κ2) is 8.09. The van der Waals surface area contributed by atoms with Gasteiger partial charge in [-0.1, -0.05) is 28.1 Å². The molecule has 2 aromatic carbocycles. The van der Waals surface area contributed by atoms with Crippen LogP contribution >= 0.6 is 15.9 Å². The van der Waals surface area contributed by atoms with Crippen LogP contribution in [0.1, 0.15) is 12.0 Å². The maximum Gasteiger partial charge on any atom is 0.270 e. The van der Waals surface area contributed by atoms with E-state index in [2.05, 4.69) is 26.5 Å². The highest BCUT2D eigenvalue weighted by atomic mass is 79.9. The lowest BCUT2D eigenvalue weighted by molar-refractivity contribution is -0.384. The van der Waals surface area contributed by atoms with Crippen LogP contribution < -0.4 is 10.3 Å². The van der Waals surface area contributed by atoms with Crippen LogP contribution in [-0.4, -0.2) is 29.5 Å². The van der Waals surface area contributed by atoms with Crippen LogP contribution in [0.4, 0.5) is 11.4 Å². The Balaban J connectivity index is 1.60. The number of non-ortho nitro benzene ring substituents is 1. The quantitative estimate of drug-likeness (QED) is 0.447. The molecule has 1 unspecified atom stereocenters. The highest BCUT2D eigenvalue weighted by molar-refractivity contribution is 9.10. The topological polar surface area (TPSA) is 105 Å². The van der Waals surface area contributed by atoms with Crippen LogP contribution in [-0.2, 0) is 9.59 Å². The van der Waals surface area contributed by atoms with Gasteiger partial charge in [0.25, 0.3) is 5.69 Å². The number of halogens is 1. The van der Waals surface area contributed by atoms with Gasteiger partial charge in [0.15, 0.2) is 0 Å². The van der Waals surface area contributed by atoms with Gasteiger partial charge < -0.3 is 4.90 Å². The van der Waals surface area contributed by atoms with E-state index in [0.29, 0.717) is 5.56 Å². The van der Waals surface area contributed by atoms with E-state index in [9.17, 15) is 19.7 Å². The van der Waals surface area contributed by atoms with Gasteiger partial charge in [0, 0.05) is 40.8 Å². The van der Waals surface area contributed by atoms with Gasteiger partial charge in [-0.05, 0) is 24.3 Å². The number of nitrogens with one attached hydrogen (secondary N) is 1. The minimum absolute atomic E-state index is 0.0585. The standard InChI is InChI=1S/C18H15BrN4O4/c19-14-4-6-15(7-5-14)22-11-13(9-17(22)24)18(25)21-20-10-12-2-1-3-16(8-12)23(26)27/h1-8,10,13H,9,11H2,(H,21,25). The Labute approximate surface area is 163 Å². The molecule has 1 saturated heterocycles. The van der Waals surface area contributed by atoms with Crippen LogP contribution in [0.25, 0.3) is 0 Å². The van der Waals surface area contributed by atoms with Crippen molar-refractivity contribution in [1.82, 2.24) is 5.43 Å². The van der Waals surface area contributed by atoms with Crippen molar-refractivity contribution in [2.75, 3.05) is 11.4 Å². The van der Waals surface area contributed by atoms with E-state index in [1.54, 1.807) is 11.0 Å². The van der Waals surface area contributed by atoms with Gasteiger partial charge in [-0.25, -0.2) is 5.43 Å². The molecule has 9 heteroatoms. The monoisotopic (exact) mass is 430 g/mol. The third-order valence-electron chi connectivity index (χ3n) is 4.10. The molecule has 3 rings (SSSR count). The van der Waals surface area contributed by atoms with Crippen molar-refractivity contribution in [2.24, 2.45) is 11.0 Å². The predicted octanol–water partition coefficient (Wildman–Crippen LogP) is 2.86. The molecular formula is C18H15BrN4O4. The number of carbonyl (C=O) groups is 2. The molecule has 8 nitrogen and oxygen atoms in total. The van der Waals surface area contributed by atoms with Crippen molar-refractivity contribution in [3.63, 3.8) is 0 Å². The molecule has 0 aliphatic carbocycles. The summed E-state index contributed by atoms with van der Waals surface area (Å²) in [5.74, 6) is -1.01. The highest BCUT2D eigenvalue weighted by Gasteiger charge is 2.35. The number of nitrogens with zero attached hydrogens (tertiary/aromatic N) is 3. The number of anilines is 1. The van der Waals surface area contributed by atoms with E-state index in [4.69, 9.17) is 0 Å². The first-order chi connectivity index (χ1) is 12.9. The number of hydrogen-bond acceptors (Lipinski definition) is 5. The summed E-state index contributed by atoms with van der Waals surface area (Å²) in [5.41, 5.74) is 3.56. The fourth-order valence-corrected chi connectivity index (χ4v) is 3.00. The van der Waals surface area contributed by atoms with E-state index in [1.807, 2.05) is 24.3 Å². The van der Waals surface area contributed by atoms with E-state index in [0.717, 1.165) is 10.2 Å². The average molecular weight is 431 g/mol. The van der Waals surface area contributed by atoms with Crippen LogP contribution in [0.3, 0.4) is 0 Å². The molecule has 27 heavy (non-hydrogen) atoms. The number of nitro groups is 1. The van der Waals surface area contributed by atoms with Gasteiger partial charge in [-0.15, -0.1) is 0 Å². The molecule has 1 aliphatic rings. The normalized spacial score (nSPS) is 16.7. The molecule has 138 valence electrons. The largest absolute Gasteiger partial charge is 0.312 e. The fraction of sp³-hybridized carbons (Fsp3) is 0.167. The molecule has 1 N–H and O–H groups in total. The first-order valence-electron chi connectivity index (χ1n) is 8.07. The Morgan fingerprint density at radius 1 is 1.30 bits per heavy atom. The van der Waals surface area contributed by atoms with Gasteiger partial charge in [0.2, 0.25) is 11.8 Å². The van der Waals surface area contributed by atoms with Crippen molar-refractivity contribution in [3.05, 3.63) is 68.7 Å². The molecule has 0 aromatic heterocycles. The summed E-state index contributed by atoms with van der Waals surface area (Å²) in [6, 6.07) is 13.2. The van der Waals surface area contributed by atoms with Gasteiger partial charge >= 0.3 is 0 Å². The molecule has 0 saturated carbocycles. The van der Waals surface area contributed by atoms with E-state index in [1.165, 1.54) is 24.4 Å². The minimum atomic E-state index is -0.511. The van der Waals surface area contributed by atoms with E-state index < -0.39 is 10.8 Å². The highest BCUT2D eigenvalue weighted by Crippen LogP contribution is 2.26. The summed E-state index contributed by atoms with van der Waals surface area (Å²) in [7, 11) is 0. The van der Waals surface area contributed by atoms with Crippen molar-refractivity contribution in [3.8, 4) is 0 Å². The number of nitro benzene ring substituents is 1. The lowest BCUT2D eigenvalue weighted by atomic mass is 10.1. The lowest BCUT2D eigenvalue weighted by Gasteiger charge is -2.16. The van der Waals surface area contributed by atoms with Crippen molar-refractivity contribution in [1.29, 1.82) is 0 Å². The molecule has 0 spiro atoms. The fourth-order valence-electron chi connectivity index (χ4n) is 2.73. The summed E-state index contributed by atoms with van der Waals surface area (Å²) in [4.78, 5) is 36.3. The van der Waals surface area contributed by atoms with Crippen LogP contribution in [0.15, 0.2) is 58.1 Å². The minimum Gasteiger partial charge on any atom is -0.312 e. The van der Waals surface area contributed by atoms with Crippen LogP contribution in [0, 0.1) is 16.0 Å². The smallest absolute Gasteiger partial charge is 0.270 e. The second-order valence-electron chi connectivity index (χ2n) is 5.97. The second-order valence-corrected chi connectivity index (χ2v) is 6.88. The van der Waals surface area contributed by atoms with Crippen molar-refractivity contribution >= 4 is 45.3 Å². The van der Waals surface area contributed by atoms with E-state index in [-0.39, 0.29) is 30.5 Å². The summed E-state index contributed by atoms with van der Waals surface area (Å²) < 4.78 is 0.905. The Morgan fingerprint density at radius 3 is 2.74 bits per heavy atom. The zero-order chi connectivity index (χ0) is 19.4. The lowest BCUT2D eigenvalue weighted by Crippen LogP contribution is -2.30. The maximum atomic E-state index is 12.3. The number of amides is 2. The maximum absolute atomic E-state index is 12.3. The predicted molar refractivity (Wildman–Crippen MR) is 103 cm³/mol. The number of benzene rings is 2. The number of carbonyl (C=O) groups excluding carboxylic acids is 2. The zero-order valence-electron chi connectivity index (χ0n) is 14.0. The van der Waals surface area contributed by atoms with E-state index >= 15 is 0 Å². The summed E-state index contributed by atoms with van der Waals surface area (Å²) in [5, 5.41) is 14.6. The Hall–Kier alpha value is -3.07. The molecule has 0 radical (unpaired) electrons. The first kappa shape index (κ1) is 18.7. The Kier molecular flexibility index (Phi) is 5.60. The first-order valence-corrected chi connectivity index (χ1v) is 8.86. The summed E-state index contributed by atoms with van der Waals surface area (Å²) in [6.45, 7) is 0.276. The molecule has 1 aliphatic heterocycles. The van der Waals surface area contributed by atoms with Crippen LogP contribution in [0.5, 0.6) is 0 Å². The third-order valence-corrected chi connectivity index (χ3v) is 4.63. The summed E-state index contributed by atoms with van der Waals surface area (Å²) >= 11 is 3.34. The summed E-state index contributed by atoms with van der Waals surface area (Å²) in [6.07, 6.45) is 1.43. The van der Waals surface area contributed by atoms with Gasteiger partial charge in [0.05, 0.1) is 17.1 Å². The van der Waals surface area contributed by atoms with Gasteiger partial charge in [-0.2, -0.15) is 5.10 Å². The zero-order valence-corrected chi connectivity index (χ0v) is 15.6. The SMILES string of the molecule is O=C(NN=Cc1cccc([N+](=O)[O-])c1)C1CC(=O)N(c2ccc(Br)cc2)C1. The molecule has 1 fully saturated rings. The number of hydrogen-bond donors (Lipinski definition) is 1.